The molecule has 0 amide bonds. The van der Waals surface area contributed by atoms with Gasteiger partial charge in [-0.2, -0.15) is 0 Å². The van der Waals surface area contributed by atoms with E-state index in [9.17, 15) is 0 Å². The zero-order valence-electron chi connectivity index (χ0n) is 13.6. The van der Waals surface area contributed by atoms with Crippen LogP contribution in [0.25, 0.3) is 0 Å². The Labute approximate surface area is 128 Å². The summed E-state index contributed by atoms with van der Waals surface area (Å²) in [6.45, 7) is 6.35. The van der Waals surface area contributed by atoms with E-state index in [1.54, 1.807) is 6.33 Å². The first-order valence-electron chi connectivity index (χ1n) is 8.51. The van der Waals surface area contributed by atoms with Crippen LogP contribution < -0.4 is 10.2 Å². The highest BCUT2D eigenvalue weighted by atomic mass is 15.2. The molecule has 0 spiro atoms. The van der Waals surface area contributed by atoms with Gasteiger partial charge in [-0.25, -0.2) is 9.97 Å². The van der Waals surface area contributed by atoms with Crippen molar-refractivity contribution in [2.45, 2.75) is 46.0 Å². The molecule has 21 heavy (non-hydrogen) atoms. The maximum atomic E-state index is 4.57. The number of nitrogens with zero attached hydrogens (tertiary/aromatic N) is 3. The molecule has 0 saturated heterocycles. The third-order valence-corrected chi connectivity index (χ3v) is 5.37. The minimum absolute atomic E-state index is 0.871. The number of aromatic nitrogens is 2. The van der Waals surface area contributed by atoms with E-state index < -0.39 is 0 Å². The highest BCUT2D eigenvalue weighted by Gasteiger charge is 2.39. The van der Waals surface area contributed by atoms with Gasteiger partial charge in [0.15, 0.2) is 0 Å². The van der Waals surface area contributed by atoms with Gasteiger partial charge < -0.3 is 10.2 Å². The van der Waals surface area contributed by atoms with Crippen molar-refractivity contribution in [3.63, 3.8) is 0 Å². The van der Waals surface area contributed by atoms with Gasteiger partial charge in [0.2, 0.25) is 0 Å². The molecule has 0 aromatic carbocycles. The predicted molar refractivity (Wildman–Crippen MR) is 87.8 cm³/mol. The summed E-state index contributed by atoms with van der Waals surface area (Å²) in [4.78, 5) is 11.3. The monoisotopic (exact) mass is 288 g/mol. The van der Waals surface area contributed by atoms with Gasteiger partial charge >= 0.3 is 0 Å². The second-order valence-electron chi connectivity index (χ2n) is 6.72. The Morgan fingerprint density at radius 2 is 2.10 bits per heavy atom. The molecular weight excluding hydrogens is 260 g/mol. The summed E-state index contributed by atoms with van der Waals surface area (Å²) in [5, 5.41) is 3.37. The lowest BCUT2D eigenvalue weighted by molar-refractivity contribution is 0.337. The standard InChI is InChI=1S/C17H28N4/c1-4-15-16(18-5-2)19-11-20-17(15)21(3)10-14-9-12-6-7-13(14)8-12/h11-14H,4-10H2,1-3H3,(H,18,19,20). The quantitative estimate of drug-likeness (QED) is 0.871. The fraction of sp³-hybridized carbons (Fsp3) is 0.765. The van der Waals surface area contributed by atoms with Crippen molar-refractivity contribution in [3.05, 3.63) is 11.9 Å². The maximum absolute atomic E-state index is 4.57. The number of nitrogens with one attached hydrogen (secondary N) is 1. The molecule has 2 aliphatic carbocycles. The van der Waals surface area contributed by atoms with Crippen LogP contribution in [0.5, 0.6) is 0 Å². The molecule has 3 rings (SSSR count). The fourth-order valence-corrected chi connectivity index (χ4v) is 4.42. The molecule has 0 aliphatic heterocycles. The van der Waals surface area contributed by atoms with Crippen LogP contribution in [0.3, 0.4) is 0 Å². The summed E-state index contributed by atoms with van der Waals surface area (Å²) in [6.07, 6.45) is 8.51. The second kappa shape index (κ2) is 6.20. The molecule has 4 nitrogen and oxygen atoms in total. The van der Waals surface area contributed by atoms with E-state index in [2.05, 4.69) is 41.1 Å². The van der Waals surface area contributed by atoms with Crippen molar-refractivity contribution in [3.8, 4) is 0 Å². The van der Waals surface area contributed by atoms with Gasteiger partial charge in [-0.05, 0) is 50.4 Å². The lowest BCUT2D eigenvalue weighted by Gasteiger charge is -2.29. The van der Waals surface area contributed by atoms with Gasteiger partial charge in [0.25, 0.3) is 0 Å². The average molecular weight is 288 g/mol. The molecule has 1 N–H and O–H groups in total. The topological polar surface area (TPSA) is 41.1 Å². The molecule has 1 heterocycles. The van der Waals surface area contributed by atoms with Crippen LogP contribution in [-0.4, -0.2) is 30.1 Å². The molecular formula is C17H28N4. The van der Waals surface area contributed by atoms with Gasteiger partial charge in [0.05, 0.1) is 0 Å². The molecule has 1 aromatic rings. The minimum Gasteiger partial charge on any atom is -0.370 e. The first-order chi connectivity index (χ1) is 10.2. The van der Waals surface area contributed by atoms with E-state index in [1.807, 2.05) is 0 Å². The van der Waals surface area contributed by atoms with Gasteiger partial charge in [0.1, 0.15) is 18.0 Å². The molecule has 2 saturated carbocycles. The maximum Gasteiger partial charge on any atom is 0.137 e. The van der Waals surface area contributed by atoms with E-state index in [0.717, 1.165) is 48.9 Å². The molecule has 2 bridgehead atoms. The summed E-state index contributed by atoms with van der Waals surface area (Å²) in [6, 6.07) is 0. The van der Waals surface area contributed by atoms with Crippen molar-refractivity contribution in [2.24, 2.45) is 17.8 Å². The predicted octanol–water partition coefficient (Wildman–Crippen LogP) is 3.34. The van der Waals surface area contributed by atoms with Crippen molar-refractivity contribution in [1.82, 2.24) is 9.97 Å². The first-order valence-corrected chi connectivity index (χ1v) is 8.51. The number of hydrogen-bond donors (Lipinski definition) is 1. The number of fused-ring (bicyclic) bond motifs is 2. The van der Waals surface area contributed by atoms with Crippen molar-refractivity contribution in [1.29, 1.82) is 0 Å². The van der Waals surface area contributed by atoms with E-state index in [-0.39, 0.29) is 0 Å². The lowest BCUT2D eigenvalue weighted by atomic mass is 9.88. The van der Waals surface area contributed by atoms with E-state index in [1.165, 1.54) is 31.2 Å². The first kappa shape index (κ1) is 14.6. The van der Waals surface area contributed by atoms with Crippen LogP contribution in [0.4, 0.5) is 11.6 Å². The van der Waals surface area contributed by atoms with Crippen molar-refractivity contribution < 1.29 is 0 Å². The van der Waals surface area contributed by atoms with Crippen LogP contribution in [0, 0.1) is 17.8 Å². The summed E-state index contributed by atoms with van der Waals surface area (Å²) in [7, 11) is 2.20. The third-order valence-electron chi connectivity index (χ3n) is 5.37. The Hall–Kier alpha value is -1.32. The molecule has 2 fully saturated rings. The molecule has 116 valence electrons. The largest absolute Gasteiger partial charge is 0.370 e. The summed E-state index contributed by atoms with van der Waals surface area (Å²) < 4.78 is 0. The highest BCUT2D eigenvalue weighted by molar-refractivity contribution is 5.58. The molecule has 4 heteroatoms. The van der Waals surface area contributed by atoms with Gasteiger partial charge in [0, 0.05) is 25.7 Å². The van der Waals surface area contributed by atoms with Gasteiger partial charge in [-0.15, -0.1) is 0 Å². The molecule has 1 aromatic heterocycles. The third kappa shape index (κ3) is 2.85. The Morgan fingerprint density at radius 3 is 2.71 bits per heavy atom. The number of rotatable bonds is 6. The second-order valence-corrected chi connectivity index (χ2v) is 6.72. The fourth-order valence-electron chi connectivity index (χ4n) is 4.42. The van der Waals surface area contributed by atoms with Crippen LogP contribution in [0.2, 0.25) is 0 Å². The normalized spacial score (nSPS) is 27.1. The van der Waals surface area contributed by atoms with Crippen LogP contribution in [-0.2, 0) is 6.42 Å². The summed E-state index contributed by atoms with van der Waals surface area (Å²) in [5.41, 5.74) is 1.25. The van der Waals surface area contributed by atoms with Crippen LogP contribution in [0.1, 0.15) is 45.1 Å². The zero-order valence-corrected chi connectivity index (χ0v) is 13.6. The Bertz CT molecular complexity index is 488. The molecule has 2 aliphatic rings. The van der Waals surface area contributed by atoms with Crippen LogP contribution in [0.15, 0.2) is 6.33 Å². The van der Waals surface area contributed by atoms with Crippen molar-refractivity contribution in [2.75, 3.05) is 30.4 Å². The van der Waals surface area contributed by atoms with E-state index in [4.69, 9.17) is 0 Å². The smallest absolute Gasteiger partial charge is 0.137 e. The summed E-state index contributed by atoms with van der Waals surface area (Å²) >= 11 is 0. The molecule has 0 radical (unpaired) electrons. The summed E-state index contributed by atoms with van der Waals surface area (Å²) in [5.74, 6) is 4.98. The van der Waals surface area contributed by atoms with E-state index in [0.29, 0.717) is 0 Å². The molecule has 3 atom stereocenters. The Kier molecular flexibility index (Phi) is 4.32. The highest BCUT2D eigenvalue weighted by Crippen LogP contribution is 2.48. The Morgan fingerprint density at radius 1 is 1.24 bits per heavy atom. The van der Waals surface area contributed by atoms with Crippen molar-refractivity contribution >= 4 is 11.6 Å². The lowest BCUT2D eigenvalue weighted by Crippen LogP contribution is -2.30. The Balaban J connectivity index is 1.74. The SMILES string of the molecule is CCNc1ncnc(N(C)CC2CC3CCC2C3)c1CC. The van der Waals surface area contributed by atoms with Gasteiger partial charge in [-0.1, -0.05) is 13.3 Å². The van der Waals surface area contributed by atoms with Crippen LogP contribution >= 0.6 is 0 Å². The molecule has 3 unspecified atom stereocenters. The zero-order chi connectivity index (χ0) is 14.8. The van der Waals surface area contributed by atoms with E-state index >= 15 is 0 Å². The minimum atomic E-state index is 0.871. The average Bonchev–Trinajstić information content (AvgIpc) is 3.10. The number of anilines is 2. The number of hydrogen-bond acceptors (Lipinski definition) is 4. The van der Waals surface area contributed by atoms with Gasteiger partial charge in [-0.3, -0.25) is 0 Å².